The first kappa shape index (κ1) is 14.3. The van der Waals surface area contributed by atoms with Gasteiger partial charge in [0.1, 0.15) is 0 Å². The molecule has 0 radical (unpaired) electrons. The fourth-order valence-electron chi connectivity index (χ4n) is 3.38. The number of nitrogens with zero attached hydrogens (tertiary/aromatic N) is 1. The minimum Gasteiger partial charge on any atom is -0.394 e. The van der Waals surface area contributed by atoms with Crippen molar-refractivity contribution in [3.63, 3.8) is 0 Å². The van der Waals surface area contributed by atoms with Crippen LogP contribution in [0, 0.1) is 0 Å². The van der Waals surface area contributed by atoms with Crippen LogP contribution in [-0.2, 0) is 4.74 Å². The van der Waals surface area contributed by atoms with Crippen LogP contribution in [0.4, 0.5) is 0 Å². The Labute approximate surface area is 110 Å². The molecular weight excluding hydrogens is 230 g/mol. The topological polar surface area (TPSA) is 52.9 Å². The summed E-state index contributed by atoms with van der Waals surface area (Å²) < 4.78 is 5.84. The summed E-state index contributed by atoms with van der Waals surface area (Å²) >= 11 is 0. The standard InChI is InChI=1S/C14H27NO3/c1-14(2)10-15(8-11(9-16)18-14)12-6-4-3-5-7-13(12)17/h11-13,16-17H,3-10H2,1-2H3. The van der Waals surface area contributed by atoms with Crippen molar-refractivity contribution in [3.05, 3.63) is 0 Å². The summed E-state index contributed by atoms with van der Waals surface area (Å²) in [6.45, 7) is 5.76. The molecule has 4 heteroatoms. The van der Waals surface area contributed by atoms with E-state index in [4.69, 9.17) is 4.74 Å². The third-order valence-electron chi connectivity index (χ3n) is 4.12. The maximum atomic E-state index is 10.3. The molecule has 1 aliphatic heterocycles. The lowest BCUT2D eigenvalue weighted by Crippen LogP contribution is -2.58. The Bertz CT molecular complexity index is 270. The van der Waals surface area contributed by atoms with Gasteiger partial charge in [-0.1, -0.05) is 19.3 Å². The van der Waals surface area contributed by atoms with Crippen molar-refractivity contribution in [2.45, 2.75) is 69.8 Å². The highest BCUT2D eigenvalue weighted by atomic mass is 16.5. The Balaban J connectivity index is 2.05. The fraction of sp³-hybridized carbons (Fsp3) is 1.00. The summed E-state index contributed by atoms with van der Waals surface area (Å²) in [4.78, 5) is 2.33. The molecule has 2 aliphatic rings. The van der Waals surface area contributed by atoms with Gasteiger partial charge in [-0.3, -0.25) is 4.90 Å². The predicted octanol–water partition coefficient (Wildman–Crippen LogP) is 1.15. The van der Waals surface area contributed by atoms with Gasteiger partial charge >= 0.3 is 0 Å². The normalized spacial score (nSPS) is 38.3. The first-order valence-electron chi connectivity index (χ1n) is 7.22. The molecule has 1 heterocycles. The second kappa shape index (κ2) is 5.87. The molecule has 106 valence electrons. The van der Waals surface area contributed by atoms with Crippen molar-refractivity contribution in [2.24, 2.45) is 0 Å². The van der Waals surface area contributed by atoms with Gasteiger partial charge in [0, 0.05) is 19.1 Å². The van der Waals surface area contributed by atoms with E-state index in [-0.39, 0.29) is 30.5 Å². The number of rotatable bonds is 2. The van der Waals surface area contributed by atoms with Crippen molar-refractivity contribution < 1.29 is 14.9 Å². The predicted molar refractivity (Wildman–Crippen MR) is 70.5 cm³/mol. The summed E-state index contributed by atoms with van der Waals surface area (Å²) in [5, 5.41) is 19.6. The highest BCUT2D eigenvalue weighted by molar-refractivity contribution is 4.90. The lowest BCUT2D eigenvalue weighted by atomic mass is 9.98. The zero-order valence-electron chi connectivity index (χ0n) is 11.6. The van der Waals surface area contributed by atoms with E-state index in [2.05, 4.69) is 18.7 Å². The van der Waals surface area contributed by atoms with Crippen molar-refractivity contribution >= 4 is 0 Å². The van der Waals surface area contributed by atoms with Gasteiger partial charge in [0.05, 0.1) is 24.4 Å². The SMILES string of the molecule is CC1(C)CN(C2CCCCCC2O)CC(CO)O1. The van der Waals surface area contributed by atoms with Crippen LogP contribution in [-0.4, -0.2) is 58.7 Å². The number of ether oxygens (including phenoxy) is 1. The Morgan fingerprint density at radius 1 is 1.22 bits per heavy atom. The van der Waals surface area contributed by atoms with Crippen LogP contribution in [0.25, 0.3) is 0 Å². The molecular formula is C14H27NO3. The van der Waals surface area contributed by atoms with Gasteiger partial charge < -0.3 is 14.9 Å². The summed E-state index contributed by atoms with van der Waals surface area (Å²) in [7, 11) is 0. The number of hydrogen-bond donors (Lipinski definition) is 2. The second-order valence-electron chi connectivity index (χ2n) is 6.38. The van der Waals surface area contributed by atoms with E-state index in [1.807, 2.05) is 0 Å². The van der Waals surface area contributed by atoms with Gasteiger partial charge in [0.15, 0.2) is 0 Å². The minimum atomic E-state index is -0.238. The van der Waals surface area contributed by atoms with Crippen molar-refractivity contribution in [1.82, 2.24) is 4.90 Å². The van der Waals surface area contributed by atoms with Crippen LogP contribution in [0.3, 0.4) is 0 Å². The van der Waals surface area contributed by atoms with Gasteiger partial charge in [-0.15, -0.1) is 0 Å². The zero-order valence-corrected chi connectivity index (χ0v) is 11.6. The van der Waals surface area contributed by atoms with Crippen LogP contribution in [0.1, 0.15) is 46.0 Å². The van der Waals surface area contributed by atoms with E-state index in [0.29, 0.717) is 0 Å². The smallest absolute Gasteiger partial charge is 0.0940 e. The van der Waals surface area contributed by atoms with E-state index in [0.717, 1.165) is 32.4 Å². The highest BCUT2D eigenvalue weighted by Gasteiger charge is 2.38. The molecule has 0 amide bonds. The van der Waals surface area contributed by atoms with Gasteiger partial charge in [-0.2, -0.15) is 0 Å². The number of aliphatic hydroxyl groups is 2. The van der Waals surface area contributed by atoms with Gasteiger partial charge in [-0.05, 0) is 26.7 Å². The molecule has 18 heavy (non-hydrogen) atoms. The molecule has 0 aromatic heterocycles. The molecule has 2 rings (SSSR count). The molecule has 2 fully saturated rings. The van der Waals surface area contributed by atoms with E-state index < -0.39 is 0 Å². The van der Waals surface area contributed by atoms with E-state index in [9.17, 15) is 10.2 Å². The number of hydrogen-bond acceptors (Lipinski definition) is 4. The van der Waals surface area contributed by atoms with Gasteiger partial charge in [0.2, 0.25) is 0 Å². The van der Waals surface area contributed by atoms with Crippen LogP contribution < -0.4 is 0 Å². The van der Waals surface area contributed by atoms with Crippen molar-refractivity contribution in [1.29, 1.82) is 0 Å². The zero-order chi connectivity index (χ0) is 13.2. The molecule has 3 unspecified atom stereocenters. The molecule has 2 N–H and O–H groups in total. The van der Waals surface area contributed by atoms with Crippen LogP contribution in [0.5, 0.6) is 0 Å². The maximum absolute atomic E-state index is 10.3. The van der Waals surface area contributed by atoms with Crippen molar-refractivity contribution in [2.75, 3.05) is 19.7 Å². The molecule has 0 aromatic rings. The lowest BCUT2D eigenvalue weighted by molar-refractivity contribution is -0.164. The first-order valence-corrected chi connectivity index (χ1v) is 7.22. The number of aliphatic hydroxyl groups excluding tert-OH is 2. The van der Waals surface area contributed by atoms with E-state index >= 15 is 0 Å². The Morgan fingerprint density at radius 2 is 1.94 bits per heavy atom. The summed E-state index contributed by atoms with van der Waals surface area (Å²) in [5.41, 5.74) is -0.238. The fourth-order valence-corrected chi connectivity index (χ4v) is 3.38. The van der Waals surface area contributed by atoms with Crippen LogP contribution >= 0.6 is 0 Å². The molecule has 1 saturated heterocycles. The summed E-state index contributed by atoms with van der Waals surface area (Å²) in [6, 6.07) is 0.240. The van der Waals surface area contributed by atoms with Crippen LogP contribution in [0.2, 0.25) is 0 Å². The van der Waals surface area contributed by atoms with Crippen molar-refractivity contribution in [3.8, 4) is 0 Å². The molecule has 3 atom stereocenters. The molecule has 4 nitrogen and oxygen atoms in total. The molecule has 1 saturated carbocycles. The molecule has 1 aliphatic carbocycles. The van der Waals surface area contributed by atoms with Gasteiger partial charge in [-0.25, -0.2) is 0 Å². The summed E-state index contributed by atoms with van der Waals surface area (Å²) in [5.74, 6) is 0. The average Bonchev–Trinajstić information content (AvgIpc) is 2.51. The van der Waals surface area contributed by atoms with Crippen LogP contribution in [0.15, 0.2) is 0 Å². The largest absolute Gasteiger partial charge is 0.394 e. The van der Waals surface area contributed by atoms with E-state index in [1.165, 1.54) is 12.8 Å². The Kier molecular flexibility index (Phi) is 4.64. The third kappa shape index (κ3) is 3.44. The monoisotopic (exact) mass is 257 g/mol. The Hall–Kier alpha value is -0.160. The highest BCUT2D eigenvalue weighted by Crippen LogP contribution is 2.28. The quantitative estimate of drug-likeness (QED) is 0.729. The lowest BCUT2D eigenvalue weighted by Gasteiger charge is -2.46. The first-order chi connectivity index (χ1) is 8.52. The van der Waals surface area contributed by atoms with E-state index in [1.54, 1.807) is 0 Å². The Morgan fingerprint density at radius 3 is 2.67 bits per heavy atom. The molecule has 0 aromatic carbocycles. The molecule has 0 bridgehead atoms. The van der Waals surface area contributed by atoms with Gasteiger partial charge in [0.25, 0.3) is 0 Å². The number of morpholine rings is 1. The summed E-state index contributed by atoms with van der Waals surface area (Å²) in [6.07, 6.45) is 5.19. The third-order valence-corrected chi connectivity index (χ3v) is 4.12. The minimum absolute atomic E-state index is 0.0583. The maximum Gasteiger partial charge on any atom is 0.0940 e. The second-order valence-corrected chi connectivity index (χ2v) is 6.38. The average molecular weight is 257 g/mol. The molecule has 0 spiro atoms.